The summed E-state index contributed by atoms with van der Waals surface area (Å²) in [4.78, 5) is 0. The summed E-state index contributed by atoms with van der Waals surface area (Å²) < 4.78 is 25.1. The van der Waals surface area contributed by atoms with Gasteiger partial charge in [-0.1, -0.05) is 12.1 Å². The molecule has 21 heavy (non-hydrogen) atoms. The summed E-state index contributed by atoms with van der Waals surface area (Å²) in [5.41, 5.74) is 3.81. The van der Waals surface area contributed by atoms with Crippen molar-refractivity contribution in [3.05, 3.63) is 57.8 Å². The molecule has 0 radical (unpaired) electrons. The van der Waals surface area contributed by atoms with Gasteiger partial charge < -0.3 is 9.47 Å². The first kappa shape index (κ1) is 15.8. The van der Waals surface area contributed by atoms with Crippen molar-refractivity contribution in [3.63, 3.8) is 0 Å². The number of methoxy groups -OCH3 is 2. The molecule has 2 aromatic rings. The van der Waals surface area contributed by atoms with Crippen LogP contribution in [0.3, 0.4) is 0 Å². The van der Waals surface area contributed by atoms with Crippen LogP contribution in [-0.4, -0.2) is 14.2 Å². The van der Waals surface area contributed by atoms with Crippen LogP contribution in [0.25, 0.3) is 0 Å². The Morgan fingerprint density at radius 2 is 1.76 bits per heavy atom. The number of ether oxygens (including phenoxy) is 2. The summed E-state index contributed by atoms with van der Waals surface area (Å²) >= 11 is 3.18. The molecule has 0 saturated heterocycles. The van der Waals surface area contributed by atoms with Gasteiger partial charge >= 0.3 is 0 Å². The summed E-state index contributed by atoms with van der Waals surface area (Å²) in [5.74, 6) is 6.49. The molecule has 0 aliphatic heterocycles. The fourth-order valence-corrected chi connectivity index (χ4v) is 2.49. The zero-order chi connectivity index (χ0) is 15.4. The second kappa shape index (κ2) is 6.89. The van der Waals surface area contributed by atoms with Crippen molar-refractivity contribution in [1.29, 1.82) is 0 Å². The monoisotopic (exact) mass is 354 g/mol. The molecule has 0 aliphatic rings. The molecule has 4 nitrogen and oxygen atoms in total. The highest BCUT2D eigenvalue weighted by atomic mass is 79.9. The van der Waals surface area contributed by atoms with Crippen LogP contribution in [0.4, 0.5) is 4.39 Å². The predicted octanol–water partition coefficient (Wildman–Crippen LogP) is 3.16. The molecule has 0 fully saturated rings. The first-order valence-electron chi connectivity index (χ1n) is 6.23. The van der Waals surface area contributed by atoms with Crippen molar-refractivity contribution in [1.82, 2.24) is 5.43 Å². The number of hydrogen-bond donors (Lipinski definition) is 2. The average Bonchev–Trinajstić information content (AvgIpc) is 2.51. The van der Waals surface area contributed by atoms with E-state index in [4.69, 9.17) is 15.3 Å². The number of hydrazine groups is 1. The van der Waals surface area contributed by atoms with E-state index in [9.17, 15) is 4.39 Å². The Hall–Kier alpha value is -1.63. The number of hydrogen-bond acceptors (Lipinski definition) is 4. The lowest BCUT2D eigenvalue weighted by molar-refractivity contribution is 0.392. The van der Waals surface area contributed by atoms with Crippen molar-refractivity contribution in [2.24, 2.45) is 5.84 Å². The zero-order valence-corrected chi connectivity index (χ0v) is 13.3. The summed E-state index contributed by atoms with van der Waals surface area (Å²) in [7, 11) is 3.12. The highest BCUT2D eigenvalue weighted by molar-refractivity contribution is 9.10. The number of benzene rings is 2. The normalized spacial score (nSPS) is 12.0. The highest BCUT2D eigenvalue weighted by Gasteiger charge is 2.19. The van der Waals surface area contributed by atoms with Gasteiger partial charge in [0.15, 0.2) is 0 Å². The van der Waals surface area contributed by atoms with Gasteiger partial charge in [0.05, 0.1) is 24.7 Å². The Kier molecular flexibility index (Phi) is 5.17. The fourth-order valence-electron chi connectivity index (χ4n) is 2.11. The maximum Gasteiger partial charge on any atom is 0.142 e. The summed E-state index contributed by atoms with van der Waals surface area (Å²) in [6, 6.07) is 9.86. The van der Waals surface area contributed by atoms with Crippen molar-refractivity contribution in [2.45, 2.75) is 6.04 Å². The second-order valence-corrected chi connectivity index (χ2v) is 5.24. The molecule has 0 heterocycles. The van der Waals surface area contributed by atoms with Gasteiger partial charge in [-0.25, -0.2) is 9.82 Å². The standard InChI is InChI=1S/C15H16BrFN2O2/c1-20-10-6-9(7-11(8-10)21-2)15(19-18)12-4-3-5-13(16)14(12)17/h3-8,15,19H,18H2,1-2H3. The number of nitrogens with one attached hydrogen (secondary N) is 1. The van der Waals surface area contributed by atoms with Gasteiger partial charge in [-0.05, 0) is 39.7 Å². The maximum atomic E-state index is 14.3. The Balaban J connectivity index is 2.53. The average molecular weight is 355 g/mol. The quantitative estimate of drug-likeness (QED) is 0.639. The van der Waals surface area contributed by atoms with E-state index in [1.807, 2.05) is 0 Å². The molecular weight excluding hydrogens is 339 g/mol. The van der Waals surface area contributed by atoms with Gasteiger partial charge in [-0.15, -0.1) is 0 Å². The lowest BCUT2D eigenvalue weighted by atomic mass is 9.98. The Morgan fingerprint density at radius 1 is 1.14 bits per heavy atom. The topological polar surface area (TPSA) is 56.5 Å². The van der Waals surface area contributed by atoms with Gasteiger partial charge in [-0.3, -0.25) is 5.84 Å². The molecule has 1 atom stereocenters. The second-order valence-electron chi connectivity index (χ2n) is 4.39. The van der Waals surface area contributed by atoms with E-state index >= 15 is 0 Å². The van der Waals surface area contributed by atoms with Gasteiger partial charge in [0.25, 0.3) is 0 Å². The number of rotatable bonds is 5. The van der Waals surface area contributed by atoms with Crippen molar-refractivity contribution >= 4 is 15.9 Å². The third kappa shape index (κ3) is 3.34. The molecule has 2 aromatic carbocycles. The largest absolute Gasteiger partial charge is 0.497 e. The minimum absolute atomic E-state index is 0.359. The Labute approximate surface area is 131 Å². The number of nitrogens with two attached hydrogens (primary N) is 1. The van der Waals surface area contributed by atoms with Crippen molar-refractivity contribution in [2.75, 3.05) is 14.2 Å². The molecule has 1 unspecified atom stereocenters. The summed E-state index contributed by atoms with van der Waals surface area (Å²) in [6.07, 6.45) is 0. The lowest BCUT2D eigenvalue weighted by Crippen LogP contribution is -2.29. The first-order valence-corrected chi connectivity index (χ1v) is 7.03. The third-order valence-electron chi connectivity index (χ3n) is 3.17. The molecule has 2 rings (SSSR count). The molecule has 0 spiro atoms. The fraction of sp³-hybridized carbons (Fsp3) is 0.200. The van der Waals surface area contributed by atoms with Gasteiger partial charge in [0.1, 0.15) is 17.3 Å². The summed E-state index contributed by atoms with van der Waals surface area (Å²) in [5, 5.41) is 0. The first-order chi connectivity index (χ1) is 10.1. The van der Waals surface area contributed by atoms with Gasteiger partial charge in [-0.2, -0.15) is 0 Å². The minimum Gasteiger partial charge on any atom is -0.497 e. The van der Waals surface area contributed by atoms with E-state index in [0.717, 1.165) is 5.56 Å². The third-order valence-corrected chi connectivity index (χ3v) is 3.78. The zero-order valence-electron chi connectivity index (χ0n) is 11.7. The van der Waals surface area contributed by atoms with E-state index in [1.54, 1.807) is 50.6 Å². The van der Waals surface area contributed by atoms with Crippen molar-refractivity contribution in [3.8, 4) is 11.5 Å². The molecule has 0 bridgehead atoms. The van der Waals surface area contributed by atoms with Gasteiger partial charge in [0, 0.05) is 11.6 Å². The van der Waals surface area contributed by atoms with E-state index in [1.165, 1.54) is 0 Å². The van der Waals surface area contributed by atoms with Crippen molar-refractivity contribution < 1.29 is 13.9 Å². The van der Waals surface area contributed by atoms with Crippen LogP contribution in [0.5, 0.6) is 11.5 Å². The Bertz CT molecular complexity index is 615. The molecule has 0 aromatic heterocycles. The van der Waals surface area contributed by atoms with Crippen LogP contribution in [-0.2, 0) is 0 Å². The highest BCUT2D eigenvalue weighted by Crippen LogP contribution is 2.32. The van der Waals surface area contributed by atoms with Crippen LogP contribution in [0, 0.1) is 5.82 Å². The van der Waals surface area contributed by atoms with Crippen LogP contribution in [0.1, 0.15) is 17.2 Å². The van der Waals surface area contributed by atoms with Crippen LogP contribution in [0.2, 0.25) is 0 Å². The van der Waals surface area contributed by atoms with Gasteiger partial charge in [0.2, 0.25) is 0 Å². The molecule has 0 saturated carbocycles. The van der Waals surface area contributed by atoms with E-state index in [2.05, 4.69) is 21.4 Å². The van der Waals surface area contributed by atoms with E-state index < -0.39 is 6.04 Å². The van der Waals surface area contributed by atoms with E-state index in [-0.39, 0.29) is 5.82 Å². The molecule has 6 heteroatoms. The number of halogens is 2. The molecule has 112 valence electrons. The predicted molar refractivity (Wildman–Crippen MR) is 82.8 cm³/mol. The minimum atomic E-state index is -0.522. The SMILES string of the molecule is COc1cc(OC)cc(C(NN)c2cccc(Br)c2F)c1. The maximum absolute atomic E-state index is 14.3. The van der Waals surface area contributed by atoms with Crippen LogP contribution < -0.4 is 20.7 Å². The smallest absolute Gasteiger partial charge is 0.142 e. The lowest BCUT2D eigenvalue weighted by Gasteiger charge is -2.19. The molecule has 0 aliphatic carbocycles. The Morgan fingerprint density at radius 3 is 2.29 bits per heavy atom. The molecular formula is C15H16BrFN2O2. The molecule has 0 amide bonds. The molecule has 3 N–H and O–H groups in total. The van der Waals surface area contributed by atoms with Crippen LogP contribution >= 0.6 is 15.9 Å². The van der Waals surface area contributed by atoms with Crippen LogP contribution in [0.15, 0.2) is 40.9 Å². The van der Waals surface area contributed by atoms with E-state index in [0.29, 0.717) is 21.5 Å². The summed E-state index contributed by atoms with van der Waals surface area (Å²) in [6.45, 7) is 0.